The van der Waals surface area contributed by atoms with Gasteiger partial charge in [0.1, 0.15) is 0 Å². The second kappa shape index (κ2) is 9.22. The van der Waals surface area contributed by atoms with E-state index >= 15 is 0 Å². The molecule has 1 atom stereocenters. The monoisotopic (exact) mass is 277 g/mol. The van der Waals surface area contributed by atoms with Crippen molar-refractivity contribution < 1.29 is 0 Å². The van der Waals surface area contributed by atoms with Crippen molar-refractivity contribution in [2.45, 2.75) is 38.9 Å². The average Bonchev–Trinajstić information content (AvgIpc) is 2.46. The smallest absolute Gasteiger partial charge is 0.0157 e. The largest absolute Gasteiger partial charge is 0.316 e. The molecule has 1 aromatic carbocycles. The SMILES string of the molecule is C=CC(C)CNCCCc1ccc(CS)c(CC)c1. The van der Waals surface area contributed by atoms with E-state index in [1.54, 1.807) is 0 Å². The molecular weight excluding hydrogens is 250 g/mol. The maximum Gasteiger partial charge on any atom is 0.0157 e. The van der Waals surface area contributed by atoms with Gasteiger partial charge in [0.05, 0.1) is 0 Å². The molecule has 2 heteroatoms. The van der Waals surface area contributed by atoms with Gasteiger partial charge in [-0.15, -0.1) is 6.58 Å². The molecule has 0 aromatic heterocycles. The molecule has 106 valence electrons. The van der Waals surface area contributed by atoms with E-state index in [2.05, 4.69) is 56.6 Å². The van der Waals surface area contributed by atoms with Crippen LogP contribution < -0.4 is 5.32 Å². The van der Waals surface area contributed by atoms with Crippen LogP contribution >= 0.6 is 12.6 Å². The van der Waals surface area contributed by atoms with Crippen LogP contribution in [0.2, 0.25) is 0 Å². The van der Waals surface area contributed by atoms with E-state index in [4.69, 9.17) is 0 Å². The molecule has 0 radical (unpaired) electrons. The molecule has 1 rings (SSSR count). The molecule has 0 saturated heterocycles. The van der Waals surface area contributed by atoms with E-state index in [0.29, 0.717) is 5.92 Å². The number of hydrogen-bond acceptors (Lipinski definition) is 2. The van der Waals surface area contributed by atoms with E-state index in [-0.39, 0.29) is 0 Å². The first-order chi connectivity index (χ1) is 9.21. The molecule has 1 unspecified atom stereocenters. The molecule has 0 heterocycles. The van der Waals surface area contributed by atoms with Gasteiger partial charge in [0, 0.05) is 12.3 Å². The van der Waals surface area contributed by atoms with E-state index in [0.717, 1.165) is 31.7 Å². The van der Waals surface area contributed by atoms with Crippen molar-refractivity contribution in [3.05, 3.63) is 47.5 Å². The third-order valence-electron chi connectivity index (χ3n) is 3.51. The van der Waals surface area contributed by atoms with Gasteiger partial charge in [0.2, 0.25) is 0 Å². The summed E-state index contributed by atoms with van der Waals surface area (Å²) in [5.74, 6) is 1.39. The van der Waals surface area contributed by atoms with Crippen molar-refractivity contribution in [3.8, 4) is 0 Å². The van der Waals surface area contributed by atoms with Crippen LogP contribution in [0.15, 0.2) is 30.9 Å². The first-order valence-corrected chi connectivity index (χ1v) is 7.89. The van der Waals surface area contributed by atoms with Crippen molar-refractivity contribution >= 4 is 12.6 Å². The van der Waals surface area contributed by atoms with Crippen molar-refractivity contribution in [3.63, 3.8) is 0 Å². The zero-order chi connectivity index (χ0) is 14.1. The van der Waals surface area contributed by atoms with Gasteiger partial charge in [-0.05, 0) is 48.4 Å². The number of nitrogens with one attached hydrogen (secondary N) is 1. The predicted molar refractivity (Wildman–Crippen MR) is 89.1 cm³/mol. The molecule has 0 aliphatic rings. The van der Waals surface area contributed by atoms with E-state index in [9.17, 15) is 0 Å². The fraction of sp³-hybridized carbons (Fsp3) is 0.529. The molecule has 1 aromatic rings. The van der Waals surface area contributed by atoms with Gasteiger partial charge in [-0.2, -0.15) is 12.6 Å². The summed E-state index contributed by atoms with van der Waals surface area (Å²) in [6.07, 6.45) is 5.43. The summed E-state index contributed by atoms with van der Waals surface area (Å²) in [7, 11) is 0. The lowest BCUT2D eigenvalue weighted by atomic mass is 10.0. The van der Waals surface area contributed by atoms with Crippen LogP contribution in [0, 0.1) is 5.92 Å². The summed E-state index contributed by atoms with van der Waals surface area (Å²) < 4.78 is 0. The lowest BCUT2D eigenvalue weighted by Crippen LogP contribution is -2.21. The molecule has 0 fully saturated rings. The highest BCUT2D eigenvalue weighted by molar-refractivity contribution is 7.79. The Balaban J connectivity index is 2.35. The number of aryl methyl sites for hydroxylation is 2. The second-order valence-electron chi connectivity index (χ2n) is 5.14. The van der Waals surface area contributed by atoms with Crippen LogP contribution in [-0.2, 0) is 18.6 Å². The Kier molecular flexibility index (Phi) is 7.92. The highest BCUT2D eigenvalue weighted by Gasteiger charge is 2.01. The third kappa shape index (κ3) is 5.84. The Morgan fingerprint density at radius 3 is 2.79 bits per heavy atom. The van der Waals surface area contributed by atoms with Crippen LogP contribution in [-0.4, -0.2) is 13.1 Å². The lowest BCUT2D eigenvalue weighted by molar-refractivity contribution is 0.578. The first kappa shape index (κ1) is 16.3. The van der Waals surface area contributed by atoms with E-state index < -0.39 is 0 Å². The molecule has 0 amide bonds. The number of thiol groups is 1. The fourth-order valence-electron chi connectivity index (χ4n) is 2.15. The van der Waals surface area contributed by atoms with Crippen molar-refractivity contribution in [2.75, 3.05) is 13.1 Å². The molecule has 1 nitrogen and oxygen atoms in total. The summed E-state index contributed by atoms with van der Waals surface area (Å²) in [6.45, 7) is 10.3. The number of benzene rings is 1. The first-order valence-electron chi connectivity index (χ1n) is 7.26. The Hall–Kier alpha value is -0.730. The summed E-state index contributed by atoms with van der Waals surface area (Å²) in [5.41, 5.74) is 4.26. The molecular formula is C17H27NS. The summed E-state index contributed by atoms with van der Waals surface area (Å²) >= 11 is 4.38. The van der Waals surface area contributed by atoms with Crippen LogP contribution in [0.3, 0.4) is 0 Å². The number of rotatable bonds is 9. The minimum absolute atomic E-state index is 0.557. The van der Waals surface area contributed by atoms with Gasteiger partial charge in [-0.1, -0.05) is 38.1 Å². The molecule has 0 bridgehead atoms. The number of hydrogen-bond donors (Lipinski definition) is 2. The van der Waals surface area contributed by atoms with E-state index in [1.807, 2.05) is 6.08 Å². The van der Waals surface area contributed by atoms with Crippen LogP contribution in [0.4, 0.5) is 0 Å². The van der Waals surface area contributed by atoms with Crippen molar-refractivity contribution in [1.82, 2.24) is 5.32 Å². The summed E-state index contributed by atoms with van der Waals surface area (Å²) in [6, 6.07) is 6.82. The minimum Gasteiger partial charge on any atom is -0.316 e. The van der Waals surface area contributed by atoms with Crippen LogP contribution in [0.25, 0.3) is 0 Å². The normalized spacial score (nSPS) is 12.4. The van der Waals surface area contributed by atoms with Gasteiger partial charge in [0.15, 0.2) is 0 Å². The maximum atomic E-state index is 4.38. The fourth-order valence-corrected chi connectivity index (χ4v) is 2.46. The molecule has 1 N–H and O–H groups in total. The quantitative estimate of drug-likeness (QED) is 0.395. The Morgan fingerprint density at radius 1 is 1.37 bits per heavy atom. The maximum absolute atomic E-state index is 4.38. The van der Waals surface area contributed by atoms with Crippen molar-refractivity contribution in [1.29, 1.82) is 0 Å². The van der Waals surface area contributed by atoms with Crippen LogP contribution in [0.1, 0.15) is 37.0 Å². The third-order valence-corrected chi connectivity index (χ3v) is 3.85. The molecule has 0 aliphatic carbocycles. The highest BCUT2D eigenvalue weighted by Crippen LogP contribution is 2.16. The zero-order valence-electron chi connectivity index (χ0n) is 12.3. The lowest BCUT2D eigenvalue weighted by Gasteiger charge is -2.10. The van der Waals surface area contributed by atoms with Crippen molar-refractivity contribution in [2.24, 2.45) is 5.92 Å². The average molecular weight is 277 g/mol. The molecule has 19 heavy (non-hydrogen) atoms. The molecule has 0 spiro atoms. The van der Waals surface area contributed by atoms with Gasteiger partial charge in [-0.3, -0.25) is 0 Å². The molecule has 0 saturated carbocycles. The topological polar surface area (TPSA) is 12.0 Å². The van der Waals surface area contributed by atoms with Gasteiger partial charge >= 0.3 is 0 Å². The van der Waals surface area contributed by atoms with Crippen LogP contribution in [0.5, 0.6) is 0 Å². The highest BCUT2D eigenvalue weighted by atomic mass is 32.1. The van der Waals surface area contributed by atoms with Gasteiger partial charge in [0.25, 0.3) is 0 Å². The standard InChI is InChI=1S/C17H27NS/c1-4-14(3)12-18-10-6-7-15-8-9-17(13-19)16(5-2)11-15/h4,8-9,11,14,18-19H,1,5-7,10,12-13H2,2-3H3. The second-order valence-corrected chi connectivity index (χ2v) is 5.45. The summed E-state index contributed by atoms with van der Waals surface area (Å²) in [5, 5.41) is 3.47. The Labute approximate surface area is 123 Å². The Bertz CT molecular complexity index is 387. The van der Waals surface area contributed by atoms with Gasteiger partial charge in [-0.25, -0.2) is 0 Å². The predicted octanol–water partition coefficient (Wildman–Crippen LogP) is 4.02. The van der Waals surface area contributed by atoms with Gasteiger partial charge < -0.3 is 5.32 Å². The molecule has 0 aliphatic heterocycles. The summed E-state index contributed by atoms with van der Waals surface area (Å²) in [4.78, 5) is 0. The minimum atomic E-state index is 0.557. The van der Waals surface area contributed by atoms with E-state index in [1.165, 1.54) is 23.1 Å². The Morgan fingerprint density at radius 2 is 2.16 bits per heavy atom. The zero-order valence-corrected chi connectivity index (χ0v) is 13.2.